The van der Waals surface area contributed by atoms with Gasteiger partial charge in [0.2, 0.25) is 11.0 Å². The van der Waals surface area contributed by atoms with Gasteiger partial charge >= 0.3 is 0 Å². The predicted octanol–water partition coefficient (Wildman–Crippen LogP) is 6.79. The third kappa shape index (κ3) is 7.78. The normalized spacial score (nSPS) is 11.9. The summed E-state index contributed by atoms with van der Waals surface area (Å²) in [4.78, 5) is 40.4. The zero-order chi connectivity index (χ0) is 29.3. The molecule has 0 fully saturated rings. The molecule has 210 valence electrons. The van der Waals surface area contributed by atoms with E-state index < -0.39 is 11.2 Å². The van der Waals surface area contributed by atoms with Crippen molar-refractivity contribution in [2.45, 2.75) is 17.1 Å². The molecule has 3 aromatic carbocycles. The Hall–Kier alpha value is -4.58. The maximum Gasteiger partial charge on any atom is 0.272 e. The molecule has 1 unspecified atom stereocenters. The second kappa shape index (κ2) is 13.9. The van der Waals surface area contributed by atoms with Crippen LogP contribution in [-0.4, -0.2) is 27.9 Å². The molecule has 2 heterocycles. The Labute approximate surface area is 254 Å². The molecule has 0 bridgehead atoms. The van der Waals surface area contributed by atoms with E-state index in [2.05, 4.69) is 26.1 Å². The van der Waals surface area contributed by atoms with Crippen molar-refractivity contribution in [2.24, 2.45) is 0 Å². The lowest BCUT2D eigenvalue weighted by Crippen LogP contribution is -2.30. The number of carbonyl (C=O) groups is 3. The van der Waals surface area contributed by atoms with Crippen LogP contribution in [0.1, 0.15) is 31.7 Å². The van der Waals surface area contributed by atoms with Crippen molar-refractivity contribution in [3.63, 3.8) is 0 Å². The quantitative estimate of drug-likeness (QED) is 0.118. The highest BCUT2D eigenvalue weighted by Gasteiger charge is 2.24. The van der Waals surface area contributed by atoms with Gasteiger partial charge in [0.05, 0.1) is 0 Å². The third-order valence-corrected chi connectivity index (χ3v) is 8.53. The molecule has 0 spiro atoms. The number of carbonyl (C=O) groups excluding carboxylic acids is 3. The maximum atomic E-state index is 13.4. The third-order valence-electron chi connectivity index (χ3n) is 5.83. The van der Waals surface area contributed by atoms with Crippen molar-refractivity contribution >= 4 is 69.1 Å². The van der Waals surface area contributed by atoms with Gasteiger partial charge in [0.25, 0.3) is 11.8 Å². The fourth-order valence-electron chi connectivity index (χ4n) is 3.87. The van der Waals surface area contributed by atoms with E-state index in [9.17, 15) is 14.4 Å². The van der Waals surface area contributed by atoms with E-state index >= 15 is 0 Å². The first-order chi connectivity index (χ1) is 20.4. The van der Waals surface area contributed by atoms with Crippen LogP contribution in [-0.2, 0) is 9.59 Å². The highest BCUT2D eigenvalue weighted by Crippen LogP contribution is 2.37. The van der Waals surface area contributed by atoms with E-state index in [0.29, 0.717) is 16.4 Å². The molecular weight excluding hydrogens is 587 g/mol. The van der Waals surface area contributed by atoms with Crippen LogP contribution >= 0.6 is 34.4 Å². The van der Waals surface area contributed by atoms with Crippen LogP contribution in [0.5, 0.6) is 0 Å². The molecule has 11 heteroatoms. The number of thiophene rings is 1. The molecule has 5 rings (SSSR count). The average Bonchev–Trinajstić information content (AvgIpc) is 3.68. The molecule has 3 amide bonds. The lowest BCUT2D eigenvalue weighted by Gasteiger charge is -2.17. The van der Waals surface area contributed by atoms with Crippen LogP contribution in [0.15, 0.2) is 112 Å². The maximum absolute atomic E-state index is 13.4. The Bertz CT molecular complexity index is 1700. The minimum Gasteiger partial charge on any atom is -0.321 e. The second-order valence-electron chi connectivity index (χ2n) is 8.94. The molecule has 42 heavy (non-hydrogen) atoms. The Morgan fingerprint density at radius 2 is 1.64 bits per heavy atom. The number of thioether (sulfide) groups is 1. The average molecular weight is 612 g/mol. The molecule has 3 N–H and O–H groups in total. The Morgan fingerprint density at radius 3 is 2.33 bits per heavy atom. The lowest BCUT2D eigenvalue weighted by atomic mass is 10.1. The topological polar surface area (TPSA) is 113 Å². The van der Waals surface area contributed by atoms with Gasteiger partial charge in [-0.2, -0.15) is 11.3 Å². The number of hydrogen-bond acceptors (Lipinski definition) is 8. The number of amides is 3. The summed E-state index contributed by atoms with van der Waals surface area (Å²) in [6.45, 7) is 1.82. The molecule has 0 aliphatic carbocycles. The SMILES string of the molecule is Cc1nnc(NC(=O)C(Sc2cccc(NC(=O)/C(=C/c3ccsc3)NC(=O)c3ccccc3)c2)c2ccccc2)s1. The minimum absolute atomic E-state index is 0.106. The molecule has 5 aromatic rings. The number of aryl methyl sites for hydroxylation is 1. The van der Waals surface area contributed by atoms with Gasteiger partial charge in [-0.15, -0.1) is 22.0 Å². The number of anilines is 2. The smallest absolute Gasteiger partial charge is 0.272 e. The summed E-state index contributed by atoms with van der Waals surface area (Å²) in [5.41, 5.74) is 2.68. The first-order valence-electron chi connectivity index (χ1n) is 12.8. The van der Waals surface area contributed by atoms with Gasteiger partial charge in [-0.05, 0) is 71.3 Å². The fourth-order valence-corrected chi connectivity index (χ4v) is 6.16. The van der Waals surface area contributed by atoms with Crippen molar-refractivity contribution in [1.82, 2.24) is 15.5 Å². The predicted molar refractivity (Wildman–Crippen MR) is 170 cm³/mol. The van der Waals surface area contributed by atoms with Crippen molar-refractivity contribution in [1.29, 1.82) is 0 Å². The number of hydrogen-bond donors (Lipinski definition) is 3. The molecule has 0 radical (unpaired) electrons. The Kier molecular flexibility index (Phi) is 9.55. The van der Waals surface area contributed by atoms with Crippen LogP contribution in [0.3, 0.4) is 0 Å². The fraction of sp³-hybridized carbons (Fsp3) is 0.0645. The zero-order valence-electron chi connectivity index (χ0n) is 22.3. The summed E-state index contributed by atoms with van der Waals surface area (Å²) in [6.07, 6.45) is 1.64. The van der Waals surface area contributed by atoms with E-state index in [1.807, 2.05) is 66.2 Å². The molecule has 0 aliphatic heterocycles. The minimum atomic E-state index is -0.583. The van der Waals surface area contributed by atoms with Crippen LogP contribution in [0.4, 0.5) is 10.8 Å². The number of rotatable bonds is 10. The van der Waals surface area contributed by atoms with Crippen molar-refractivity contribution < 1.29 is 14.4 Å². The molecule has 2 aromatic heterocycles. The van der Waals surface area contributed by atoms with E-state index in [0.717, 1.165) is 21.0 Å². The van der Waals surface area contributed by atoms with Gasteiger partial charge < -0.3 is 10.6 Å². The summed E-state index contributed by atoms with van der Waals surface area (Å²) < 4.78 is 0. The van der Waals surface area contributed by atoms with E-state index in [1.165, 1.54) is 34.4 Å². The molecular formula is C31H25N5O3S3. The molecule has 0 saturated carbocycles. The lowest BCUT2D eigenvalue weighted by molar-refractivity contribution is -0.116. The Balaban J connectivity index is 1.35. The van der Waals surface area contributed by atoms with Gasteiger partial charge in [-0.3, -0.25) is 19.7 Å². The number of nitrogens with one attached hydrogen (secondary N) is 3. The molecule has 0 aliphatic rings. The highest BCUT2D eigenvalue weighted by molar-refractivity contribution is 8.00. The summed E-state index contributed by atoms with van der Waals surface area (Å²) in [5, 5.41) is 20.9. The first-order valence-corrected chi connectivity index (χ1v) is 15.4. The summed E-state index contributed by atoms with van der Waals surface area (Å²) in [7, 11) is 0. The first kappa shape index (κ1) is 28.9. The summed E-state index contributed by atoms with van der Waals surface area (Å²) >= 11 is 4.14. The van der Waals surface area contributed by atoms with Crippen LogP contribution in [0.2, 0.25) is 0 Å². The van der Waals surface area contributed by atoms with Crippen LogP contribution in [0, 0.1) is 6.92 Å². The van der Waals surface area contributed by atoms with Crippen molar-refractivity contribution in [3.05, 3.63) is 129 Å². The number of benzene rings is 3. The van der Waals surface area contributed by atoms with E-state index in [1.54, 1.807) is 48.5 Å². The van der Waals surface area contributed by atoms with Gasteiger partial charge in [-0.25, -0.2) is 0 Å². The van der Waals surface area contributed by atoms with Gasteiger partial charge in [0, 0.05) is 16.1 Å². The largest absolute Gasteiger partial charge is 0.321 e. The molecule has 0 saturated heterocycles. The van der Waals surface area contributed by atoms with Gasteiger partial charge in [0.1, 0.15) is 16.0 Å². The highest BCUT2D eigenvalue weighted by atomic mass is 32.2. The van der Waals surface area contributed by atoms with E-state index in [-0.39, 0.29) is 17.5 Å². The van der Waals surface area contributed by atoms with Crippen molar-refractivity contribution in [3.8, 4) is 0 Å². The standard InChI is InChI=1S/C31H25N5O3S3/c1-20-35-36-31(41-20)34-30(39)27(22-9-4-2-5-10-22)42-25-14-8-13-24(18-25)32-29(38)26(17-21-15-16-40-19-21)33-28(37)23-11-6-3-7-12-23/h2-19,27H,1H3,(H,32,38)(H,33,37)(H,34,36,39)/b26-17-. The Morgan fingerprint density at radius 1 is 0.881 bits per heavy atom. The zero-order valence-corrected chi connectivity index (χ0v) is 24.8. The second-order valence-corrected chi connectivity index (χ2v) is 12.1. The number of aromatic nitrogens is 2. The van der Waals surface area contributed by atoms with Crippen molar-refractivity contribution in [2.75, 3.05) is 10.6 Å². The monoisotopic (exact) mass is 611 g/mol. The van der Waals surface area contributed by atoms with Gasteiger partial charge in [-0.1, -0.05) is 65.9 Å². The van der Waals surface area contributed by atoms with E-state index in [4.69, 9.17) is 0 Å². The van der Waals surface area contributed by atoms with Crippen LogP contribution in [0.25, 0.3) is 6.08 Å². The summed E-state index contributed by atoms with van der Waals surface area (Å²) in [5.74, 6) is -1.10. The van der Waals surface area contributed by atoms with Gasteiger partial charge in [0.15, 0.2) is 0 Å². The van der Waals surface area contributed by atoms with Crippen LogP contribution < -0.4 is 16.0 Å². The summed E-state index contributed by atoms with van der Waals surface area (Å²) in [6, 6.07) is 27.2. The molecule has 8 nitrogen and oxygen atoms in total. The molecule has 1 atom stereocenters. The number of nitrogens with zero attached hydrogens (tertiary/aromatic N) is 2.